The molecule has 0 unspecified atom stereocenters. The fourth-order valence-corrected chi connectivity index (χ4v) is 2.94. The van der Waals surface area contributed by atoms with Gasteiger partial charge in [0, 0.05) is 16.8 Å². The fourth-order valence-electron chi connectivity index (χ4n) is 2.03. The maximum atomic E-state index is 11.1. The van der Waals surface area contributed by atoms with Gasteiger partial charge in [-0.2, -0.15) is 0 Å². The predicted molar refractivity (Wildman–Crippen MR) is 86.6 cm³/mol. The Labute approximate surface area is 132 Å². The van der Waals surface area contributed by atoms with Crippen LogP contribution in [0.5, 0.6) is 0 Å². The number of aromatic carboxylic acids is 1. The van der Waals surface area contributed by atoms with Crippen molar-refractivity contribution in [1.82, 2.24) is 4.98 Å². The Kier molecular flexibility index (Phi) is 4.54. The number of nitrogens with one attached hydrogen (secondary N) is 1. The van der Waals surface area contributed by atoms with Crippen LogP contribution >= 0.6 is 22.9 Å². The van der Waals surface area contributed by atoms with Crippen molar-refractivity contribution >= 4 is 34.6 Å². The first-order chi connectivity index (χ1) is 9.77. The molecule has 0 spiro atoms. The number of carbonyl (C=O) groups is 1. The van der Waals surface area contributed by atoms with Gasteiger partial charge in [-0.05, 0) is 23.1 Å². The summed E-state index contributed by atoms with van der Waals surface area (Å²) in [5.74, 6) is -0.931. The van der Waals surface area contributed by atoms with Gasteiger partial charge in [0.1, 0.15) is 0 Å². The van der Waals surface area contributed by atoms with Gasteiger partial charge in [0.25, 0.3) is 0 Å². The topological polar surface area (TPSA) is 62.2 Å². The number of nitrogens with zero attached hydrogens (tertiary/aromatic N) is 1. The number of halogens is 1. The molecule has 0 amide bonds. The molecule has 2 aromatic rings. The Balaban J connectivity index is 2.29. The molecule has 1 aromatic heterocycles. The molecule has 0 saturated carbocycles. The highest BCUT2D eigenvalue weighted by Gasteiger charge is 2.19. The minimum Gasteiger partial charge on any atom is -0.478 e. The van der Waals surface area contributed by atoms with Crippen LogP contribution in [0.1, 0.15) is 41.6 Å². The lowest BCUT2D eigenvalue weighted by Crippen LogP contribution is -2.15. The van der Waals surface area contributed by atoms with Crippen LogP contribution in [0.2, 0.25) is 4.47 Å². The van der Waals surface area contributed by atoms with Gasteiger partial charge < -0.3 is 10.4 Å². The van der Waals surface area contributed by atoms with Gasteiger partial charge in [-0.25, -0.2) is 9.78 Å². The molecule has 0 fully saturated rings. The maximum absolute atomic E-state index is 11.1. The van der Waals surface area contributed by atoms with E-state index in [0.717, 1.165) is 16.1 Å². The SMILES string of the molecule is CC(C)(C)c1ccc(C(=O)O)cc1NCc1cnc(Cl)s1. The van der Waals surface area contributed by atoms with Crippen LogP contribution in [0.3, 0.4) is 0 Å². The Morgan fingerprint density at radius 1 is 1.43 bits per heavy atom. The van der Waals surface area contributed by atoms with Gasteiger partial charge in [-0.15, -0.1) is 11.3 Å². The van der Waals surface area contributed by atoms with E-state index in [1.54, 1.807) is 18.3 Å². The van der Waals surface area contributed by atoms with Crippen LogP contribution in [-0.2, 0) is 12.0 Å². The third-order valence-corrected chi connectivity index (χ3v) is 4.17. The standard InChI is InChI=1S/C15H17ClN2O2S/c1-15(2,3)11-5-4-9(13(19)20)6-12(11)17-7-10-8-18-14(16)21-10/h4-6,8,17H,7H2,1-3H3,(H,19,20). The highest BCUT2D eigenvalue weighted by molar-refractivity contribution is 7.15. The lowest BCUT2D eigenvalue weighted by molar-refractivity contribution is 0.0697. The molecule has 0 atom stereocenters. The summed E-state index contributed by atoms with van der Waals surface area (Å²) in [4.78, 5) is 16.1. The molecule has 0 radical (unpaired) electrons. The summed E-state index contributed by atoms with van der Waals surface area (Å²) in [7, 11) is 0. The van der Waals surface area contributed by atoms with Gasteiger partial charge in [0.15, 0.2) is 4.47 Å². The van der Waals surface area contributed by atoms with E-state index in [2.05, 4.69) is 31.1 Å². The average molecular weight is 325 g/mol. The number of aromatic nitrogens is 1. The molecule has 21 heavy (non-hydrogen) atoms. The van der Waals surface area contributed by atoms with Crippen LogP contribution in [0.25, 0.3) is 0 Å². The minimum atomic E-state index is -0.931. The second-order valence-corrected chi connectivity index (χ2v) is 7.45. The van der Waals surface area contributed by atoms with E-state index in [4.69, 9.17) is 16.7 Å². The summed E-state index contributed by atoms with van der Waals surface area (Å²) in [6, 6.07) is 5.18. The Bertz CT molecular complexity index is 662. The molecule has 1 heterocycles. The molecular formula is C15H17ClN2O2S. The van der Waals surface area contributed by atoms with Crippen molar-refractivity contribution in [1.29, 1.82) is 0 Å². The minimum absolute atomic E-state index is 0.0787. The second-order valence-electron chi connectivity index (χ2n) is 5.75. The molecule has 0 bridgehead atoms. The van der Waals surface area contributed by atoms with Gasteiger partial charge in [-0.3, -0.25) is 0 Å². The second kappa shape index (κ2) is 6.03. The molecule has 2 rings (SSSR count). The van der Waals surface area contributed by atoms with Gasteiger partial charge in [-0.1, -0.05) is 38.4 Å². The van der Waals surface area contributed by atoms with E-state index in [0.29, 0.717) is 11.0 Å². The summed E-state index contributed by atoms with van der Waals surface area (Å²) < 4.78 is 0.502. The number of hydrogen-bond acceptors (Lipinski definition) is 4. The van der Waals surface area contributed by atoms with E-state index in [9.17, 15) is 4.79 Å². The first kappa shape index (κ1) is 15.8. The van der Waals surface area contributed by atoms with Crippen molar-refractivity contribution in [2.75, 3.05) is 5.32 Å². The number of rotatable bonds is 4. The zero-order valence-corrected chi connectivity index (χ0v) is 13.7. The van der Waals surface area contributed by atoms with Crippen LogP contribution in [0.4, 0.5) is 5.69 Å². The van der Waals surface area contributed by atoms with Gasteiger partial charge >= 0.3 is 5.97 Å². The molecule has 1 aromatic carbocycles. The summed E-state index contributed by atoms with van der Waals surface area (Å²) in [5.41, 5.74) is 2.09. The van der Waals surface area contributed by atoms with Gasteiger partial charge in [0.2, 0.25) is 0 Å². The van der Waals surface area contributed by atoms with Crippen LogP contribution in [0.15, 0.2) is 24.4 Å². The van der Waals surface area contributed by atoms with Crippen LogP contribution < -0.4 is 5.32 Å². The van der Waals surface area contributed by atoms with Crippen LogP contribution in [-0.4, -0.2) is 16.1 Å². The van der Waals surface area contributed by atoms with Crippen molar-refractivity contribution in [3.05, 3.63) is 44.9 Å². The Morgan fingerprint density at radius 2 is 2.14 bits per heavy atom. The molecule has 112 valence electrons. The average Bonchev–Trinajstić information content (AvgIpc) is 2.80. The highest BCUT2D eigenvalue weighted by atomic mass is 35.5. The van der Waals surface area contributed by atoms with E-state index in [-0.39, 0.29) is 11.0 Å². The molecule has 6 heteroatoms. The molecule has 0 aliphatic rings. The Morgan fingerprint density at radius 3 is 2.67 bits per heavy atom. The summed E-state index contributed by atoms with van der Waals surface area (Å²) in [6.45, 7) is 6.85. The predicted octanol–water partition coefficient (Wildman–Crippen LogP) is 4.40. The maximum Gasteiger partial charge on any atom is 0.335 e. The number of carboxylic acids is 1. The van der Waals surface area contributed by atoms with Crippen molar-refractivity contribution < 1.29 is 9.90 Å². The lowest BCUT2D eigenvalue weighted by atomic mass is 9.85. The number of anilines is 1. The first-order valence-electron chi connectivity index (χ1n) is 6.49. The highest BCUT2D eigenvalue weighted by Crippen LogP contribution is 2.31. The third kappa shape index (κ3) is 3.95. The van der Waals surface area contributed by atoms with E-state index >= 15 is 0 Å². The summed E-state index contributed by atoms with van der Waals surface area (Å²) in [5, 5.41) is 12.4. The van der Waals surface area contributed by atoms with Crippen molar-refractivity contribution in [3.8, 4) is 0 Å². The Hall–Kier alpha value is -1.59. The quantitative estimate of drug-likeness (QED) is 0.874. The van der Waals surface area contributed by atoms with Gasteiger partial charge in [0.05, 0.1) is 12.1 Å². The summed E-state index contributed by atoms with van der Waals surface area (Å²) >= 11 is 7.22. The molecule has 2 N–H and O–H groups in total. The monoisotopic (exact) mass is 324 g/mol. The number of thiazole rings is 1. The zero-order chi connectivity index (χ0) is 15.6. The lowest BCUT2D eigenvalue weighted by Gasteiger charge is -2.23. The van der Waals surface area contributed by atoms with E-state index in [1.807, 2.05) is 6.07 Å². The van der Waals surface area contributed by atoms with E-state index < -0.39 is 5.97 Å². The van der Waals surface area contributed by atoms with E-state index in [1.165, 1.54) is 11.3 Å². The molecular weight excluding hydrogens is 308 g/mol. The summed E-state index contributed by atoms with van der Waals surface area (Å²) in [6.07, 6.45) is 1.72. The largest absolute Gasteiger partial charge is 0.478 e. The number of benzene rings is 1. The normalized spacial score (nSPS) is 11.4. The first-order valence-corrected chi connectivity index (χ1v) is 7.69. The molecule has 0 saturated heterocycles. The van der Waals surface area contributed by atoms with Crippen molar-refractivity contribution in [3.63, 3.8) is 0 Å². The molecule has 4 nitrogen and oxygen atoms in total. The fraction of sp³-hybridized carbons (Fsp3) is 0.333. The zero-order valence-electron chi connectivity index (χ0n) is 12.1. The van der Waals surface area contributed by atoms with Crippen LogP contribution in [0, 0.1) is 0 Å². The third-order valence-electron chi connectivity index (χ3n) is 3.05. The number of carboxylic acid groups (broad SMARTS) is 1. The number of hydrogen-bond donors (Lipinski definition) is 2. The molecule has 0 aliphatic carbocycles. The smallest absolute Gasteiger partial charge is 0.335 e. The molecule has 0 aliphatic heterocycles. The van der Waals surface area contributed by atoms with Crippen molar-refractivity contribution in [2.45, 2.75) is 32.7 Å². The van der Waals surface area contributed by atoms with Crippen molar-refractivity contribution in [2.24, 2.45) is 0 Å².